The van der Waals surface area contributed by atoms with Crippen molar-refractivity contribution in [3.05, 3.63) is 54.1 Å². The van der Waals surface area contributed by atoms with Gasteiger partial charge in [0.1, 0.15) is 0 Å². The predicted octanol–water partition coefficient (Wildman–Crippen LogP) is 4.56. The molecule has 0 radical (unpaired) electrons. The number of carbonyl (C=O) groups excluding carboxylic acids is 2. The molecule has 2 amide bonds. The van der Waals surface area contributed by atoms with Gasteiger partial charge in [-0.1, -0.05) is 44.4 Å². The number of rotatable bonds is 9. The van der Waals surface area contributed by atoms with Crippen LogP contribution in [0.3, 0.4) is 0 Å². The number of hydrogen-bond donors (Lipinski definition) is 3. The zero-order valence-corrected chi connectivity index (χ0v) is 16.9. The van der Waals surface area contributed by atoms with Crippen molar-refractivity contribution in [1.82, 2.24) is 5.32 Å². The molecule has 0 aliphatic heterocycles. The van der Waals surface area contributed by atoms with E-state index >= 15 is 0 Å². The number of nitrogen functional groups attached to an aromatic ring is 1. The van der Waals surface area contributed by atoms with Gasteiger partial charge in [-0.15, -0.1) is 11.8 Å². The van der Waals surface area contributed by atoms with Gasteiger partial charge in [0, 0.05) is 17.5 Å². The van der Waals surface area contributed by atoms with Crippen molar-refractivity contribution >= 4 is 35.5 Å². The molecule has 5 nitrogen and oxygen atoms in total. The summed E-state index contributed by atoms with van der Waals surface area (Å²) >= 11 is 1.83. The average molecular weight is 388 g/mol. The summed E-state index contributed by atoms with van der Waals surface area (Å²) < 4.78 is 0. The smallest absolute Gasteiger partial charge is 0.251 e. The van der Waals surface area contributed by atoms with Gasteiger partial charge in [0.05, 0.1) is 11.4 Å². The van der Waals surface area contributed by atoms with Crippen LogP contribution in [0.5, 0.6) is 0 Å². The Morgan fingerprint density at radius 3 is 2.56 bits per heavy atom. The molecule has 0 fully saturated rings. The van der Waals surface area contributed by atoms with Gasteiger partial charge in [-0.25, -0.2) is 0 Å². The normalized spacial score (nSPS) is 9.70. The molecule has 2 rings (SSSR count). The van der Waals surface area contributed by atoms with E-state index in [4.69, 9.17) is 5.73 Å². The quantitative estimate of drug-likeness (QED) is 0.255. The lowest BCUT2D eigenvalue weighted by molar-refractivity contribution is -0.105. The topological polar surface area (TPSA) is 84.2 Å². The number of hydrogen-bond acceptors (Lipinski definition) is 4. The summed E-state index contributed by atoms with van der Waals surface area (Å²) in [7, 11) is 1.66. The lowest BCUT2D eigenvalue weighted by Gasteiger charge is -2.04. The van der Waals surface area contributed by atoms with Crippen molar-refractivity contribution in [2.45, 2.75) is 37.5 Å². The number of thioether (sulfide) groups is 1. The van der Waals surface area contributed by atoms with Gasteiger partial charge in [-0.3, -0.25) is 9.59 Å². The molecule has 0 saturated carbocycles. The Bertz CT molecular complexity index is 707. The van der Waals surface area contributed by atoms with Crippen LogP contribution in [0.25, 0.3) is 0 Å². The molecule has 27 heavy (non-hydrogen) atoms. The second-order valence-corrected chi connectivity index (χ2v) is 7.03. The molecule has 6 heteroatoms. The van der Waals surface area contributed by atoms with Crippen LogP contribution in [0.2, 0.25) is 0 Å². The first-order valence-corrected chi connectivity index (χ1v) is 10.1. The lowest BCUT2D eigenvalue weighted by Crippen LogP contribution is -2.17. The zero-order chi connectivity index (χ0) is 19.9. The van der Waals surface area contributed by atoms with Crippen LogP contribution in [-0.4, -0.2) is 25.1 Å². The third kappa shape index (κ3) is 9.15. The Labute approximate surface area is 166 Å². The van der Waals surface area contributed by atoms with Crippen LogP contribution < -0.4 is 16.4 Å². The standard InChI is InChI=1S/C14H21NOS.C7H8N2O/c1-3-4-5-6-10-17-13-9-7-8-12(11-13)14(16)15-2;8-6-3-1-2-4-7(6)9-5-10/h7-9,11H,3-6,10H2,1-2H3,(H,15,16);1-5H,8H2,(H,9,10). The van der Waals surface area contributed by atoms with Gasteiger partial charge in [-0.2, -0.15) is 0 Å². The Morgan fingerprint density at radius 2 is 1.89 bits per heavy atom. The Hall–Kier alpha value is -2.47. The van der Waals surface area contributed by atoms with Crippen molar-refractivity contribution in [2.75, 3.05) is 23.9 Å². The monoisotopic (exact) mass is 387 g/mol. The van der Waals surface area contributed by atoms with Crippen molar-refractivity contribution < 1.29 is 9.59 Å². The highest BCUT2D eigenvalue weighted by Gasteiger charge is 2.03. The number of para-hydroxylation sites is 2. The molecule has 0 aliphatic carbocycles. The van der Waals surface area contributed by atoms with Crippen LogP contribution in [0, 0.1) is 0 Å². The first kappa shape index (κ1) is 22.6. The van der Waals surface area contributed by atoms with E-state index in [1.165, 1.54) is 30.6 Å². The summed E-state index contributed by atoms with van der Waals surface area (Å²) in [6, 6.07) is 14.9. The van der Waals surface area contributed by atoms with Gasteiger partial charge < -0.3 is 16.4 Å². The Morgan fingerprint density at radius 1 is 1.11 bits per heavy atom. The number of benzene rings is 2. The second-order valence-electron chi connectivity index (χ2n) is 5.87. The Balaban J connectivity index is 0.000000309. The van der Waals surface area contributed by atoms with E-state index in [0.29, 0.717) is 17.8 Å². The molecule has 0 spiro atoms. The third-order valence-corrected chi connectivity index (χ3v) is 4.85. The number of amides is 2. The maximum atomic E-state index is 11.5. The maximum Gasteiger partial charge on any atom is 0.251 e. The summed E-state index contributed by atoms with van der Waals surface area (Å²) in [5, 5.41) is 5.11. The molecular formula is C21H29N3O2S. The predicted molar refractivity (Wildman–Crippen MR) is 115 cm³/mol. The van der Waals surface area contributed by atoms with Crippen LogP contribution >= 0.6 is 11.8 Å². The second kappa shape index (κ2) is 13.7. The van der Waals surface area contributed by atoms with E-state index in [2.05, 4.69) is 23.6 Å². The summed E-state index contributed by atoms with van der Waals surface area (Å²) in [6.45, 7) is 2.22. The Kier molecular flexibility index (Phi) is 11.4. The van der Waals surface area contributed by atoms with Crippen molar-refractivity contribution in [2.24, 2.45) is 0 Å². The highest BCUT2D eigenvalue weighted by atomic mass is 32.2. The van der Waals surface area contributed by atoms with E-state index in [1.807, 2.05) is 42.1 Å². The molecule has 146 valence electrons. The molecule has 0 unspecified atom stereocenters. The highest BCUT2D eigenvalue weighted by Crippen LogP contribution is 2.21. The lowest BCUT2D eigenvalue weighted by atomic mass is 10.2. The summed E-state index contributed by atoms with van der Waals surface area (Å²) in [5.74, 6) is 1.12. The van der Waals surface area contributed by atoms with E-state index in [9.17, 15) is 9.59 Å². The van der Waals surface area contributed by atoms with E-state index in [1.54, 1.807) is 19.2 Å². The largest absolute Gasteiger partial charge is 0.397 e. The third-order valence-electron chi connectivity index (χ3n) is 3.77. The summed E-state index contributed by atoms with van der Waals surface area (Å²) in [6.07, 6.45) is 5.75. The SMILES string of the molecule is CCCCCCSc1cccc(C(=O)NC)c1.Nc1ccccc1NC=O. The molecule has 0 aliphatic rings. The van der Waals surface area contributed by atoms with E-state index in [0.717, 1.165) is 11.3 Å². The summed E-state index contributed by atoms with van der Waals surface area (Å²) in [4.78, 5) is 22.6. The van der Waals surface area contributed by atoms with Crippen molar-refractivity contribution in [3.8, 4) is 0 Å². The number of unbranched alkanes of at least 4 members (excludes halogenated alkanes) is 3. The van der Waals surface area contributed by atoms with Gasteiger partial charge in [0.15, 0.2) is 0 Å². The minimum atomic E-state index is -0.0153. The van der Waals surface area contributed by atoms with E-state index in [-0.39, 0.29) is 5.91 Å². The summed E-state index contributed by atoms with van der Waals surface area (Å²) in [5.41, 5.74) is 7.46. The van der Waals surface area contributed by atoms with Gasteiger partial charge in [0.25, 0.3) is 5.91 Å². The van der Waals surface area contributed by atoms with Crippen LogP contribution in [0.15, 0.2) is 53.4 Å². The number of nitrogens with one attached hydrogen (secondary N) is 2. The molecule has 0 atom stereocenters. The number of nitrogens with two attached hydrogens (primary N) is 1. The molecule has 2 aromatic carbocycles. The van der Waals surface area contributed by atoms with E-state index < -0.39 is 0 Å². The highest BCUT2D eigenvalue weighted by molar-refractivity contribution is 7.99. The minimum absolute atomic E-state index is 0.0153. The molecule has 4 N–H and O–H groups in total. The van der Waals surface area contributed by atoms with Gasteiger partial charge in [0.2, 0.25) is 6.41 Å². The first-order valence-electron chi connectivity index (χ1n) is 9.12. The molecule has 0 heterocycles. The fraction of sp³-hybridized carbons (Fsp3) is 0.333. The number of carbonyl (C=O) groups is 2. The molecule has 0 aromatic heterocycles. The molecule has 0 saturated heterocycles. The fourth-order valence-electron chi connectivity index (χ4n) is 2.28. The first-order chi connectivity index (χ1) is 13.1. The number of anilines is 2. The van der Waals surface area contributed by atoms with Crippen molar-refractivity contribution in [1.29, 1.82) is 0 Å². The maximum absolute atomic E-state index is 11.5. The van der Waals surface area contributed by atoms with Crippen LogP contribution in [0.1, 0.15) is 43.0 Å². The fourth-order valence-corrected chi connectivity index (χ4v) is 3.25. The van der Waals surface area contributed by atoms with Gasteiger partial charge >= 0.3 is 0 Å². The zero-order valence-electron chi connectivity index (χ0n) is 16.0. The minimum Gasteiger partial charge on any atom is -0.397 e. The van der Waals surface area contributed by atoms with Crippen LogP contribution in [0.4, 0.5) is 11.4 Å². The molecular weight excluding hydrogens is 358 g/mol. The average Bonchev–Trinajstić information content (AvgIpc) is 2.70. The van der Waals surface area contributed by atoms with Gasteiger partial charge in [-0.05, 0) is 42.5 Å². The molecule has 2 aromatic rings. The van der Waals surface area contributed by atoms with Crippen molar-refractivity contribution in [3.63, 3.8) is 0 Å². The molecule has 0 bridgehead atoms. The van der Waals surface area contributed by atoms with Crippen LogP contribution in [-0.2, 0) is 4.79 Å².